The summed E-state index contributed by atoms with van der Waals surface area (Å²) in [6.07, 6.45) is 5.24. The molecule has 1 aromatic carbocycles. The lowest BCUT2D eigenvalue weighted by Crippen LogP contribution is -2.39. The van der Waals surface area contributed by atoms with Gasteiger partial charge in [-0.05, 0) is 49.8 Å². The first-order chi connectivity index (χ1) is 10.4. The van der Waals surface area contributed by atoms with E-state index in [2.05, 4.69) is 6.92 Å². The molecule has 0 bridgehead atoms. The van der Waals surface area contributed by atoms with Crippen molar-refractivity contribution in [2.24, 2.45) is 5.92 Å². The minimum absolute atomic E-state index is 0.0647. The third kappa shape index (κ3) is 3.46. The molecule has 0 saturated heterocycles. The highest BCUT2D eigenvalue weighted by Crippen LogP contribution is 2.29. The minimum atomic E-state index is -1.20. The first-order valence-corrected chi connectivity index (χ1v) is 7.74. The van der Waals surface area contributed by atoms with E-state index < -0.39 is 11.8 Å². The molecule has 2 rings (SSSR count). The molecule has 120 valence electrons. The number of rotatable bonds is 4. The van der Waals surface area contributed by atoms with Crippen LogP contribution in [0.25, 0.3) is 0 Å². The van der Waals surface area contributed by atoms with E-state index in [1.54, 1.807) is 11.9 Å². The maximum atomic E-state index is 14.0. The van der Waals surface area contributed by atoms with E-state index in [1.165, 1.54) is 12.1 Å². The number of hydrogen-bond acceptors (Lipinski definition) is 2. The Bertz CT molecular complexity index is 565. The van der Waals surface area contributed by atoms with Crippen molar-refractivity contribution in [3.8, 4) is 0 Å². The maximum Gasteiger partial charge on any atom is 0.335 e. The average Bonchev–Trinajstić information content (AvgIpc) is 2.53. The summed E-state index contributed by atoms with van der Waals surface area (Å²) >= 11 is 0. The van der Waals surface area contributed by atoms with Gasteiger partial charge in [0.15, 0.2) is 0 Å². The Balaban J connectivity index is 2.09. The standard InChI is InChI=1S/C17H22FNO3/c1-3-11-4-7-13(8-5-11)19(2)16(20)14-9-6-12(17(21)22)10-15(14)18/h6,9-11,13H,3-5,7-8H2,1-2H3,(H,21,22). The van der Waals surface area contributed by atoms with Crippen molar-refractivity contribution < 1.29 is 19.1 Å². The Morgan fingerprint density at radius 3 is 2.41 bits per heavy atom. The van der Waals surface area contributed by atoms with Crippen LogP contribution < -0.4 is 0 Å². The Labute approximate surface area is 129 Å². The van der Waals surface area contributed by atoms with Crippen molar-refractivity contribution in [3.05, 3.63) is 35.1 Å². The zero-order valence-electron chi connectivity index (χ0n) is 13.0. The van der Waals surface area contributed by atoms with E-state index in [0.29, 0.717) is 0 Å². The number of carboxylic acids is 1. The molecule has 0 radical (unpaired) electrons. The Kier molecular flexibility index (Phi) is 5.16. The Morgan fingerprint density at radius 1 is 1.27 bits per heavy atom. The molecule has 0 aromatic heterocycles. The lowest BCUT2D eigenvalue weighted by molar-refractivity contribution is 0.0663. The monoisotopic (exact) mass is 307 g/mol. The van der Waals surface area contributed by atoms with Crippen LogP contribution in [-0.4, -0.2) is 35.0 Å². The summed E-state index contributed by atoms with van der Waals surface area (Å²) in [6.45, 7) is 2.18. The van der Waals surface area contributed by atoms with Gasteiger partial charge in [-0.25, -0.2) is 9.18 Å². The fourth-order valence-corrected chi connectivity index (χ4v) is 3.12. The fourth-order valence-electron chi connectivity index (χ4n) is 3.12. The van der Waals surface area contributed by atoms with Crippen LogP contribution in [0.4, 0.5) is 4.39 Å². The van der Waals surface area contributed by atoms with Crippen molar-refractivity contribution in [2.45, 2.75) is 45.1 Å². The molecule has 22 heavy (non-hydrogen) atoms. The van der Waals surface area contributed by atoms with Gasteiger partial charge in [0.1, 0.15) is 5.82 Å². The number of hydrogen-bond donors (Lipinski definition) is 1. The van der Waals surface area contributed by atoms with E-state index in [-0.39, 0.29) is 23.1 Å². The van der Waals surface area contributed by atoms with E-state index in [9.17, 15) is 14.0 Å². The summed E-state index contributed by atoms with van der Waals surface area (Å²) in [5.41, 5.74) is -0.217. The second-order valence-corrected chi connectivity index (χ2v) is 6.00. The van der Waals surface area contributed by atoms with Gasteiger partial charge in [0, 0.05) is 13.1 Å². The summed E-state index contributed by atoms with van der Waals surface area (Å²) < 4.78 is 14.0. The van der Waals surface area contributed by atoms with Crippen molar-refractivity contribution in [1.29, 1.82) is 0 Å². The number of amides is 1. The lowest BCUT2D eigenvalue weighted by Gasteiger charge is -2.34. The highest BCUT2D eigenvalue weighted by Gasteiger charge is 2.27. The molecule has 0 aliphatic heterocycles. The molecule has 4 nitrogen and oxygen atoms in total. The van der Waals surface area contributed by atoms with Gasteiger partial charge in [0.2, 0.25) is 0 Å². The van der Waals surface area contributed by atoms with E-state index in [0.717, 1.165) is 44.1 Å². The van der Waals surface area contributed by atoms with Crippen LogP contribution in [0.15, 0.2) is 18.2 Å². The molecule has 1 N–H and O–H groups in total. The average molecular weight is 307 g/mol. The number of aromatic carboxylic acids is 1. The Hall–Kier alpha value is -1.91. The van der Waals surface area contributed by atoms with Crippen molar-refractivity contribution in [3.63, 3.8) is 0 Å². The topological polar surface area (TPSA) is 57.6 Å². The van der Waals surface area contributed by atoms with Crippen LogP contribution in [0.5, 0.6) is 0 Å². The van der Waals surface area contributed by atoms with Crippen molar-refractivity contribution in [2.75, 3.05) is 7.05 Å². The summed E-state index contributed by atoms with van der Waals surface area (Å²) in [5.74, 6) is -1.64. The first-order valence-electron chi connectivity index (χ1n) is 7.74. The normalized spacial score (nSPS) is 21.4. The third-order valence-corrected chi connectivity index (χ3v) is 4.71. The van der Waals surface area contributed by atoms with E-state index in [1.807, 2.05) is 0 Å². The number of nitrogens with zero attached hydrogens (tertiary/aromatic N) is 1. The predicted octanol–water partition coefficient (Wildman–Crippen LogP) is 3.56. The Morgan fingerprint density at radius 2 is 1.91 bits per heavy atom. The largest absolute Gasteiger partial charge is 0.478 e. The van der Waals surface area contributed by atoms with Crippen molar-refractivity contribution >= 4 is 11.9 Å². The molecule has 5 heteroatoms. The van der Waals surface area contributed by atoms with Gasteiger partial charge in [0.05, 0.1) is 11.1 Å². The molecule has 1 aliphatic rings. The molecule has 0 heterocycles. The van der Waals surface area contributed by atoms with Crippen molar-refractivity contribution in [1.82, 2.24) is 4.90 Å². The molecular formula is C17H22FNO3. The van der Waals surface area contributed by atoms with Gasteiger partial charge in [-0.2, -0.15) is 0 Å². The van der Waals surface area contributed by atoms with Crippen LogP contribution in [0.3, 0.4) is 0 Å². The third-order valence-electron chi connectivity index (χ3n) is 4.71. The molecule has 1 fully saturated rings. The first kappa shape index (κ1) is 16.5. The van der Waals surface area contributed by atoms with Gasteiger partial charge in [-0.3, -0.25) is 4.79 Å². The number of halogens is 1. The predicted molar refractivity (Wildman–Crippen MR) is 81.5 cm³/mol. The molecule has 0 atom stereocenters. The highest BCUT2D eigenvalue weighted by molar-refractivity contribution is 5.96. The van der Waals surface area contributed by atoms with E-state index >= 15 is 0 Å². The summed E-state index contributed by atoms with van der Waals surface area (Å²) in [4.78, 5) is 24.9. The smallest absolute Gasteiger partial charge is 0.335 e. The number of carboxylic acid groups (broad SMARTS) is 1. The summed E-state index contributed by atoms with van der Waals surface area (Å²) in [7, 11) is 1.70. The molecule has 1 aliphatic carbocycles. The minimum Gasteiger partial charge on any atom is -0.478 e. The SMILES string of the molecule is CCC1CCC(N(C)C(=O)c2ccc(C(=O)O)cc2F)CC1. The number of benzene rings is 1. The maximum absolute atomic E-state index is 14.0. The summed E-state index contributed by atoms with van der Waals surface area (Å²) in [6, 6.07) is 3.56. The van der Waals surface area contributed by atoms with Gasteiger partial charge < -0.3 is 10.0 Å². The van der Waals surface area contributed by atoms with Gasteiger partial charge in [0.25, 0.3) is 5.91 Å². The van der Waals surface area contributed by atoms with E-state index in [4.69, 9.17) is 5.11 Å². The fraction of sp³-hybridized carbons (Fsp3) is 0.529. The molecule has 1 amide bonds. The van der Waals surface area contributed by atoms with Crippen LogP contribution in [0.1, 0.15) is 59.7 Å². The molecular weight excluding hydrogens is 285 g/mol. The second kappa shape index (κ2) is 6.90. The highest BCUT2D eigenvalue weighted by atomic mass is 19.1. The van der Waals surface area contributed by atoms with Gasteiger partial charge in [-0.1, -0.05) is 13.3 Å². The number of carbonyl (C=O) groups is 2. The van der Waals surface area contributed by atoms with Crippen LogP contribution in [0.2, 0.25) is 0 Å². The van der Waals surface area contributed by atoms with Crippen LogP contribution in [-0.2, 0) is 0 Å². The van der Waals surface area contributed by atoms with Crippen LogP contribution in [0, 0.1) is 11.7 Å². The molecule has 0 spiro atoms. The van der Waals surface area contributed by atoms with Gasteiger partial charge >= 0.3 is 5.97 Å². The molecule has 1 aromatic rings. The summed E-state index contributed by atoms with van der Waals surface area (Å²) in [5, 5.41) is 8.84. The van der Waals surface area contributed by atoms with Crippen LogP contribution >= 0.6 is 0 Å². The quantitative estimate of drug-likeness (QED) is 0.925. The zero-order chi connectivity index (χ0) is 16.3. The second-order valence-electron chi connectivity index (χ2n) is 6.00. The van der Waals surface area contributed by atoms with Gasteiger partial charge in [-0.15, -0.1) is 0 Å². The molecule has 0 unspecified atom stereocenters. The number of carbonyl (C=O) groups excluding carboxylic acids is 1. The molecule has 1 saturated carbocycles. The lowest BCUT2D eigenvalue weighted by atomic mass is 9.84. The zero-order valence-corrected chi connectivity index (χ0v) is 13.0.